The van der Waals surface area contributed by atoms with Gasteiger partial charge in [0, 0.05) is 10.9 Å². The zero-order valence-electron chi connectivity index (χ0n) is 19.1. The Morgan fingerprint density at radius 3 is 2.65 bits per heavy atom. The number of ether oxygens (including phenoxy) is 3. The molecule has 12 heteroatoms. The molecule has 1 aliphatic rings. The molecule has 1 aliphatic heterocycles. The summed E-state index contributed by atoms with van der Waals surface area (Å²) < 4.78 is 44.5. The molecule has 1 aromatic carbocycles. The first-order valence-electron chi connectivity index (χ1n) is 10.6. The number of aromatic nitrogens is 2. The Labute approximate surface area is 200 Å². The second-order valence-corrected chi connectivity index (χ2v) is 11.1. The Kier molecular flexibility index (Phi) is 6.65. The van der Waals surface area contributed by atoms with E-state index in [9.17, 15) is 18.0 Å². The summed E-state index contributed by atoms with van der Waals surface area (Å²) in [7, 11) is -4.06. The monoisotopic (exact) mass is 507 g/mol. The van der Waals surface area contributed by atoms with Gasteiger partial charge in [0.1, 0.15) is 36.5 Å². The Morgan fingerprint density at radius 1 is 1.24 bits per heavy atom. The minimum absolute atomic E-state index is 0.0601. The smallest absolute Gasteiger partial charge is 0.324 e. The lowest BCUT2D eigenvalue weighted by atomic mass is 10.1. The SMILES string of the molecule is Cc1sc2nc(COC(=O)[C@@H](NS(=O)(=O)c3ccc4c(c3)OCCO4)C(C)C)[nH]c(=O)c2c1C. The highest BCUT2D eigenvalue weighted by molar-refractivity contribution is 7.89. The number of sulfonamides is 1. The lowest BCUT2D eigenvalue weighted by Gasteiger charge is -2.22. The molecule has 3 aromatic rings. The van der Waals surface area contributed by atoms with Gasteiger partial charge in [0.15, 0.2) is 11.5 Å². The van der Waals surface area contributed by atoms with Gasteiger partial charge >= 0.3 is 5.97 Å². The third-order valence-electron chi connectivity index (χ3n) is 5.47. The Balaban J connectivity index is 1.49. The highest BCUT2D eigenvalue weighted by Crippen LogP contribution is 2.32. The molecule has 0 saturated heterocycles. The fourth-order valence-electron chi connectivity index (χ4n) is 3.48. The summed E-state index contributed by atoms with van der Waals surface area (Å²) >= 11 is 1.39. The van der Waals surface area contributed by atoms with E-state index in [2.05, 4.69) is 14.7 Å². The summed E-state index contributed by atoms with van der Waals surface area (Å²) in [4.78, 5) is 33.7. The Hall–Kier alpha value is -2.96. The summed E-state index contributed by atoms with van der Waals surface area (Å²) in [5.41, 5.74) is 0.559. The molecule has 0 saturated carbocycles. The van der Waals surface area contributed by atoms with E-state index in [0.29, 0.717) is 34.9 Å². The number of aryl methyl sites for hydroxylation is 2. The van der Waals surface area contributed by atoms with E-state index in [1.807, 2.05) is 13.8 Å². The van der Waals surface area contributed by atoms with Crippen LogP contribution in [-0.2, 0) is 26.2 Å². The number of rotatable bonds is 7. The molecule has 2 N–H and O–H groups in total. The molecule has 34 heavy (non-hydrogen) atoms. The number of hydrogen-bond donors (Lipinski definition) is 2. The van der Waals surface area contributed by atoms with E-state index in [1.54, 1.807) is 13.8 Å². The molecule has 10 nitrogen and oxygen atoms in total. The van der Waals surface area contributed by atoms with E-state index in [4.69, 9.17) is 14.2 Å². The maximum absolute atomic E-state index is 13.0. The number of nitrogens with zero attached hydrogens (tertiary/aromatic N) is 1. The molecule has 0 spiro atoms. The van der Waals surface area contributed by atoms with Crippen molar-refractivity contribution in [2.24, 2.45) is 5.92 Å². The maximum Gasteiger partial charge on any atom is 0.324 e. The van der Waals surface area contributed by atoms with Crippen molar-refractivity contribution >= 4 is 37.5 Å². The molecule has 2 aromatic heterocycles. The number of H-pyrrole nitrogens is 1. The number of hydrogen-bond acceptors (Lipinski definition) is 9. The minimum Gasteiger partial charge on any atom is -0.486 e. The van der Waals surface area contributed by atoms with Crippen LogP contribution in [0.5, 0.6) is 11.5 Å². The highest BCUT2D eigenvalue weighted by atomic mass is 32.2. The van der Waals surface area contributed by atoms with Crippen LogP contribution >= 0.6 is 11.3 Å². The quantitative estimate of drug-likeness (QED) is 0.465. The highest BCUT2D eigenvalue weighted by Gasteiger charge is 2.31. The van der Waals surface area contributed by atoms with Gasteiger partial charge in [0.05, 0.1) is 10.3 Å². The van der Waals surface area contributed by atoms with Gasteiger partial charge in [-0.25, -0.2) is 13.4 Å². The Morgan fingerprint density at radius 2 is 1.94 bits per heavy atom. The number of thiophene rings is 1. The summed E-state index contributed by atoms with van der Waals surface area (Å²) in [6.45, 7) is 7.56. The molecular formula is C22H25N3O7S2. The average molecular weight is 508 g/mol. The standard InChI is InChI=1S/C22H25N3O7S2/c1-11(2)19(25-34(28,29)14-5-6-15-16(9-14)31-8-7-30-15)22(27)32-10-17-23-20(26)18-12(3)13(4)33-21(18)24-17/h5-6,9,11,19,25H,7-8,10H2,1-4H3,(H,23,24,26)/t19-/m0/s1. The lowest BCUT2D eigenvalue weighted by Crippen LogP contribution is -2.45. The van der Waals surface area contributed by atoms with Crippen molar-refractivity contribution in [2.45, 2.75) is 45.2 Å². The lowest BCUT2D eigenvalue weighted by molar-refractivity contribution is -0.148. The van der Waals surface area contributed by atoms with Gasteiger partial charge in [0.25, 0.3) is 5.56 Å². The second-order valence-electron chi connectivity index (χ2n) is 8.23. The third-order valence-corrected chi connectivity index (χ3v) is 8.01. The predicted molar refractivity (Wildman–Crippen MR) is 126 cm³/mol. The van der Waals surface area contributed by atoms with Gasteiger partial charge < -0.3 is 19.2 Å². The minimum atomic E-state index is -4.06. The molecule has 0 fully saturated rings. The molecule has 4 rings (SSSR count). The third kappa shape index (κ3) is 4.79. The summed E-state index contributed by atoms with van der Waals surface area (Å²) in [6.07, 6.45) is 0. The zero-order valence-corrected chi connectivity index (χ0v) is 20.8. The van der Waals surface area contributed by atoms with E-state index in [0.717, 1.165) is 10.4 Å². The van der Waals surface area contributed by atoms with E-state index >= 15 is 0 Å². The van der Waals surface area contributed by atoms with Crippen LogP contribution in [-0.4, -0.2) is 43.6 Å². The molecule has 3 heterocycles. The first-order chi connectivity index (χ1) is 16.1. The van der Waals surface area contributed by atoms with Gasteiger partial charge in [-0.1, -0.05) is 13.8 Å². The van der Waals surface area contributed by atoms with Crippen molar-refractivity contribution in [1.82, 2.24) is 14.7 Å². The van der Waals surface area contributed by atoms with Crippen molar-refractivity contribution in [2.75, 3.05) is 13.2 Å². The van der Waals surface area contributed by atoms with E-state index in [1.165, 1.54) is 29.5 Å². The fourth-order valence-corrected chi connectivity index (χ4v) is 5.88. The molecule has 1 atom stereocenters. The van der Waals surface area contributed by atoms with Crippen molar-refractivity contribution in [1.29, 1.82) is 0 Å². The van der Waals surface area contributed by atoms with Crippen molar-refractivity contribution in [3.63, 3.8) is 0 Å². The number of esters is 1. The topological polar surface area (TPSA) is 137 Å². The van der Waals surface area contributed by atoms with Crippen LogP contribution in [0.3, 0.4) is 0 Å². The van der Waals surface area contributed by atoms with Crippen LogP contribution in [0.25, 0.3) is 10.2 Å². The van der Waals surface area contributed by atoms with Crippen LogP contribution in [0.2, 0.25) is 0 Å². The second kappa shape index (κ2) is 9.35. The van der Waals surface area contributed by atoms with E-state index < -0.39 is 28.0 Å². The van der Waals surface area contributed by atoms with Crippen molar-refractivity contribution in [3.05, 3.63) is 44.8 Å². The van der Waals surface area contributed by atoms with Gasteiger partial charge in [0.2, 0.25) is 10.0 Å². The van der Waals surface area contributed by atoms with Crippen LogP contribution in [0.15, 0.2) is 27.9 Å². The fraction of sp³-hybridized carbons (Fsp3) is 0.409. The van der Waals surface area contributed by atoms with Gasteiger partial charge in [-0.2, -0.15) is 4.72 Å². The van der Waals surface area contributed by atoms with Gasteiger partial charge in [-0.15, -0.1) is 11.3 Å². The van der Waals surface area contributed by atoms with Gasteiger partial charge in [-0.05, 0) is 37.5 Å². The normalized spacial score (nSPS) is 14.4. The molecule has 0 amide bonds. The first-order valence-corrected chi connectivity index (χ1v) is 12.9. The molecular weight excluding hydrogens is 482 g/mol. The number of nitrogens with one attached hydrogen (secondary N) is 2. The average Bonchev–Trinajstić information content (AvgIpc) is 3.09. The van der Waals surface area contributed by atoms with Crippen molar-refractivity contribution < 1.29 is 27.4 Å². The van der Waals surface area contributed by atoms with Gasteiger partial charge in [-0.3, -0.25) is 9.59 Å². The van der Waals surface area contributed by atoms with E-state index in [-0.39, 0.29) is 22.9 Å². The van der Waals surface area contributed by atoms with Crippen molar-refractivity contribution in [3.8, 4) is 11.5 Å². The maximum atomic E-state index is 13.0. The van der Waals surface area contributed by atoms with Crippen LogP contribution in [0, 0.1) is 19.8 Å². The Bertz CT molecular complexity index is 1410. The summed E-state index contributed by atoms with van der Waals surface area (Å²) in [6, 6.07) is 3.10. The number of fused-ring (bicyclic) bond motifs is 2. The predicted octanol–water partition coefficient (Wildman–Crippen LogP) is 2.42. The number of benzene rings is 1. The zero-order chi connectivity index (χ0) is 24.6. The molecule has 0 radical (unpaired) electrons. The number of carbonyl (C=O) groups excluding carboxylic acids is 1. The van der Waals surface area contributed by atoms with Crippen LogP contribution in [0.4, 0.5) is 0 Å². The first kappa shape index (κ1) is 24.2. The molecule has 182 valence electrons. The number of carbonyl (C=O) groups is 1. The molecule has 0 unspecified atom stereocenters. The summed E-state index contributed by atoms with van der Waals surface area (Å²) in [5.74, 6) is -0.222. The summed E-state index contributed by atoms with van der Waals surface area (Å²) in [5, 5.41) is 0.518. The number of aromatic amines is 1. The molecule has 0 aliphatic carbocycles. The van der Waals surface area contributed by atoms with Crippen LogP contribution < -0.4 is 19.8 Å². The molecule has 0 bridgehead atoms. The van der Waals surface area contributed by atoms with Crippen LogP contribution in [0.1, 0.15) is 30.1 Å². The largest absolute Gasteiger partial charge is 0.486 e.